The summed E-state index contributed by atoms with van der Waals surface area (Å²) in [6.45, 7) is 2.20. The number of hydrogen-bond acceptors (Lipinski definition) is 4. The summed E-state index contributed by atoms with van der Waals surface area (Å²) in [4.78, 5) is 30.0. The van der Waals surface area contributed by atoms with E-state index in [4.69, 9.17) is 4.74 Å². The summed E-state index contributed by atoms with van der Waals surface area (Å²) < 4.78 is 7.40. The van der Waals surface area contributed by atoms with Crippen LogP contribution in [0.1, 0.15) is 24.8 Å². The standard InChI is InChI=1S/C19H23N5O3/c25-17(23-9-3-6-19(7-10-23)13-22-18(26)27-19)21-12-15-4-1-2-5-16(15)24-11-8-20-14-24/h1-2,4-5,8,11,14H,3,6-7,9-10,12-13H2,(H,21,25)(H,22,26)/t19-/m0/s1. The fourth-order valence-electron chi connectivity index (χ4n) is 3.75. The molecule has 1 spiro atoms. The zero-order valence-electron chi connectivity index (χ0n) is 15.1. The van der Waals surface area contributed by atoms with Gasteiger partial charge in [-0.15, -0.1) is 0 Å². The molecule has 0 aliphatic carbocycles. The lowest BCUT2D eigenvalue weighted by Gasteiger charge is -2.25. The number of amides is 3. The summed E-state index contributed by atoms with van der Waals surface area (Å²) in [7, 11) is 0. The molecule has 27 heavy (non-hydrogen) atoms. The molecule has 0 unspecified atom stereocenters. The summed E-state index contributed by atoms with van der Waals surface area (Å²) in [6.07, 6.45) is 7.24. The number of nitrogens with zero attached hydrogens (tertiary/aromatic N) is 3. The maximum atomic E-state index is 12.7. The van der Waals surface area contributed by atoms with Crippen LogP contribution >= 0.6 is 0 Å². The maximum Gasteiger partial charge on any atom is 0.407 e. The van der Waals surface area contributed by atoms with Gasteiger partial charge >= 0.3 is 12.1 Å². The number of para-hydroxylation sites is 1. The quantitative estimate of drug-likeness (QED) is 0.867. The highest BCUT2D eigenvalue weighted by Crippen LogP contribution is 2.29. The van der Waals surface area contributed by atoms with Crippen LogP contribution in [-0.2, 0) is 11.3 Å². The van der Waals surface area contributed by atoms with E-state index in [0.29, 0.717) is 32.6 Å². The third-order valence-electron chi connectivity index (χ3n) is 5.25. The summed E-state index contributed by atoms with van der Waals surface area (Å²) in [5.74, 6) is 0. The van der Waals surface area contributed by atoms with Crippen molar-refractivity contribution in [3.05, 3.63) is 48.5 Å². The number of aromatic nitrogens is 2. The van der Waals surface area contributed by atoms with E-state index in [0.717, 1.165) is 24.1 Å². The largest absolute Gasteiger partial charge is 0.441 e. The Hall–Kier alpha value is -3.03. The van der Waals surface area contributed by atoms with E-state index in [1.54, 1.807) is 17.4 Å². The van der Waals surface area contributed by atoms with Gasteiger partial charge in [0.05, 0.1) is 18.6 Å². The van der Waals surface area contributed by atoms with E-state index < -0.39 is 5.60 Å². The molecule has 0 saturated carbocycles. The SMILES string of the molecule is O=C1NC[C@@]2(CCCN(C(=O)NCc3ccccc3-n3ccnc3)CC2)O1. The number of carbonyl (C=O) groups excluding carboxylic acids is 2. The number of alkyl carbamates (subject to hydrolysis) is 1. The molecule has 142 valence electrons. The number of rotatable bonds is 3. The molecular formula is C19H23N5O3. The monoisotopic (exact) mass is 369 g/mol. The van der Waals surface area contributed by atoms with Crippen LogP contribution in [0.5, 0.6) is 0 Å². The van der Waals surface area contributed by atoms with Gasteiger partial charge in [-0.3, -0.25) is 0 Å². The molecule has 1 atom stereocenters. The lowest BCUT2D eigenvalue weighted by molar-refractivity contribution is 0.0453. The number of nitrogens with one attached hydrogen (secondary N) is 2. The molecule has 2 saturated heterocycles. The van der Waals surface area contributed by atoms with Crippen molar-refractivity contribution in [2.75, 3.05) is 19.6 Å². The van der Waals surface area contributed by atoms with E-state index in [1.807, 2.05) is 35.0 Å². The molecule has 0 radical (unpaired) electrons. The predicted molar refractivity (Wildman–Crippen MR) is 98.4 cm³/mol. The molecule has 2 aliphatic heterocycles. The third-order valence-corrected chi connectivity index (χ3v) is 5.25. The average molecular weight is 369 g/mol. The molecule has 3 amide bonds. The second-order valence-corrected chi connectivity index (χ2v) is 7.02. The number of likely N-dealkylation sites (tertiary alicyclic amines) is 1. The molecule has 2 N–H and O–H groups in total. The zero-order valence-corrected chi connectivity index (χ0v) is 15.1. The first-order chi connectivity index (χ1) is 13.2. The van der Waals surface area contributed by atoms with E-state index in [2.05, 4.69) is 15.6 Å². The molecular weight excluding hydrogens is 346 g/mol. The molecule has 2 aliphatic rings. The predicted octanol–water partition coefficient (Wildman–Crippen LogP) is 2.05. The molecule has 1 aromatic carbocycles. The number of benzene rings is 1. The van der Waals surface area contributed by atoms with Crippen molar-refractivity contribution < 1.29 is 14.3 Å². The fourth-order valence-corrected chi connectivity index (χ4v) is 3.75. The van der Waals surface area contributed by atoms with Gasteiger partial charge in [0.1, 0.15) is 5.60 Å². The van der Waals surface area contributed by atoms with Crippen LogP contribution in [0, 0.1) is 0 Å². The Labute approximate surface area is 157 Å². The molecule has 1 aromatic heterocycles. The van der Waals surface area contributed by atoms with Gasteiger partial charge in [0.15, 0.2) is 0 Å². The first-order valence-corrected chi connectivity index (χ1v) is 9.21. The van der Waals surface area contributed by atoms with Crippen LogP contribution in [0.15, 0.2) is 43.0 Å². The highest BCUT2D eigenvalue weighted by atomic mass is 16.6. The van der Waals surface area contributed by atoms with Gasteiger partial charge in [-0.1, -0.05) is 18.2 Å². The molecule has 2 fully saturated rings. The van der Waals surface area contributed by atoms with Crippen LogP contribution in [0.4, 0.5) is 9.59 Å². The molecule has 0 bridgehead atoms. The first kappa shape index (κ1) is 17.4. The van der Waals surface area contributed by atoms with Crippen LogP contribution in [-0.4, -0.2) is 51.8 Å². The van der Waals surface area contributed by atoms with Gasteiger partial charge in [-0.2, -0.15) is 0 Å². The van der Waals surface area contributed by atoms with Crippen molar-refractivity contribution in [1.29, 1.82) is 0 Å². The van der Waals surface area contributed by atoms with Crippen LogP contribution in [0.25, 0.3) is 5.69 Å². The first-order valence-electron chi connectivity index (χ1n) is 9.21. The van der Waals surface area contributed by atoms with Gasteiger partial charge < -0.3 is 24.8 Å². The van der Waals surface area contributed by atoms with Crippen molar-refractivity contribution in [2.45, 2.75) is 31.4 Å². The Morgan fingerprint density at radius 3 is 2.96 bits per heavy atom. The smallest absolute Gasteiger partial charge is 0.407 e. The number of hydrogen-bond donors (Lipinski definition) is 2. The second kappa shape index (κ2) is 7.30. The third kappa shape index (κ3) is 3.74. The lowest BCUT2D eigenvalue weighted by atomic mass is 9.95. The van der Waals surface area contributed by atoms with Gasteiger partial charge in [0, 0.05) is 38.4 Å². The molecule has 4 rings (SSSR count). The fraction of sp³-hybridized carbons (Fsp3) is 0.421. The normalized spacial score (nSPS) is 22.2. The van der Waals surface area contributed by atoms with Crippen LogP contribution in [0.3, 0.4) is 0 Å². The zero-order chi connectivity index (χ0) is 18.7. The van der Waals surface area contributed by atoms with Gasteiger partial charge in [-0.05, 0) is 24.5 Å². The van der Waals surface area contributed by atoms with Gasteiger partial charge in [-0.25, -0.2) is 14.6 Å². The highest BCUT2D eigenvalue weighted by Gasteiger charge is 2.41. The van der Waals surface area contributed by atoms with Crippen molar-refractivity contribution in [3.63, 3.8) is 0 Å². The highest BCUT2D eigenvalue weighted by molar-refractivity contribution is 5.74. The summed E-state index contributed by atoms with van der Waals surface area (Å²) in [6, 6.07) is 7.83. The lowest BCUT2D eigenvalue weighted by Crippen LogP contribution is -2.41. The molecule has 8 heteroatoms. The second-order valence-electron chi connectivity index (χ2n) is 7.02. The van der Waals surface area contributed by atoms with E-state index in [9.17, 15) is 9.59 Å². The molecule has 3 heterocycles. The maximum absolute atomic E-state index is 12.7. The Bertz CT molecular complexity index is 823. The number of carbonyl (C=O) groups is 2. The number of urea groups is 1. The Kier molecular flexibility index (Phi) is 4.70. The molecule has 8 nitrogen and oxygen atoms in total. The topological polar surface area (TPSA) is 88.5 Å². The Balaban J connectivity index is 1.37. The van der Waals surface area contributed by atoms with Crippen LogP contribution in [0.2, 0.25) is 0 Å². The van der Waals surface area contributed by atoms with Crippen LogP contribution < -0.4 is 10.6 Å². The van der Waals surface area contributed by atoms with Crippen molar-refractivity contribution in [1.82, 2.24) is 25.1 Å². The Morgan fingerprint density at radius 2 is 2.19 bits per heavy atom. The van der Waals surface area contributed by atoms with E-state index in [1.165, 1.54) is 0 Å². The minimum absolute atomic E-state index is 0.0928. The Morgan fingerprint density at radius 1 is 1.30 bits per heavy atom. The van der Waals surface area contributed by atoms with Crippen molar-refractivity contribution >= 4 is 12.1 Å². The van der Waals surface area contributed by atoms with E-state index >= 15 is 0 Å². The van der Waals surface area contributed by atoms with Crippen molar-refractivity contribution in [3.8, 4) is 5.69 Å². The molecule has 2 aromatic rings. The average Bonchev–Trinajstić information content (AvgIpc) is 3.28. The minimum atomic E-state index is -0.458. The van der Waals surface area contributed by atoms with Crippen molar-refractivity contribution in [2.24, 2.45) is 0 Å². The van der Waals surface area contributed by atoms with E-state index in [-0.39, 0.29) is 12.1 Å². The van der Waals surface area contributed by atoms with Gasteiger partial charge in [0.2, 0.25) is 0 Å². The summed E-state index contributed by atoms with van der Waals surface area (Å²) in [5.41, 5.74) is 1.55. The summed E-state index contributed by atoms with van der Waals surface area (Å²) in [5, 5.41) is 5.75. The summed E-state index contributed by atoms with van der Waals surface area (Å²) >= 11 is 0. The number of imidazole rings is 1. The van der Waals surface area contributed by atoms with Gasteiger partial charge in [0.25, 0.3) is 0 Å². The minimum Gasteiger partial charge on any atom is -0.441 e. The number of ether oxygens (including phenoxy) is 1.